The Balaban J connectivity index is 1.82. The van der Waals surface area contributed by atoms with E-state index in [2.05, 4.69) is 0 Å². The summed E-state index contributed by atoms with van der Waals surface area (Å²) in [5.41, 5.74) is 6.71. The molecule has 2 heterocycles. The minimum Gasteiger partial charge on any atom is -0.397 e. The van der Waals surface area contributed by atoms with Gasteiger partial charge in [0.2, 0.25) is 0 Å². The summed E-state index contributed by atoms with van der Waals surface area (Å²) in [5.74, 6) is -0.0146. The molecule has 1 aliphatic rings. The van der Waals surface area contributed by atoms with Crippen molar-refractivity contribution in [2.45, 2.75) is 18.9 Å². The van der Waals surface area contributed by atoms with Gasteiger partial charge in [0.05, 0.1) is 11.8 Å². The lowest BCUT2D eigenvalue weighted by molar-refractivity contribution is 0.0591. The Labute approximate surface area is 122 Å². The molecule has 0 bridgehead atoms. The molecule has 3 rings (SSSR count). The van der Waals surface area contributed by atoms with Crippen LogP contribution >= 0.6 is 11.3 Å². The number of nitrogens with two attached hydrogens (primary N) is 1. The molecule has 5 heteroatoms. The summed E-state index contributed by atoms with van der Waals surface area (Å²) in [7, 11) is 1.81. The zero-order chi connectivity index (χ0) is 14.1. The lowest BCUT2D eigenvalue weighted by Gasteiger charge is -2.20. The molecule has 1 aromatic heterocycles. The fourth-order valence-corrected chi connectivity index (χ4v) is 3.69. The van der Waals surface area contributed by atoms with Crippen molar-refractivity contribution in [3.63, 3.8) is 0 Å². The van der Waals surface area contributed by atoms with Crippen molar-refractivity contribution in [2.75, 3.05) is 25.9 Å². The fourth-order valence-electron chi connectivity index (χ4n) is 2.57. The van der Waals surface area contributed by atoms with Gasteiger partial charge in [-0.1, -0.05) is 18.2 Å². The third-order valence-corrected chi connectivity index (χ3v) is 4.85. The minimum absolute atomic E-state index is 0.0146. The molecule has 20 heavy (non-hydrogen) atoms. The first-order valence-electron chi connectivity index (χ1n) is 6.81. The van der Waals surface area contributed by atoms with Crippen molar-refractivity contribution in [3.05, 3.63) is 29.1 Å². The Morgan fingerprint density at radius 1 is 1.50 bits per heavy atom. The van der Waals surface area contributed by atoms with E-state index in [0.29, 0.717) is 17.1 Å². The number of nitrogens with zero attached hydrogens (tertiary/aromatic N) is 1. The van der Waals surface area contributed by atoms with E-state index in [9.17, 15) is 4.79 Å². The van der Waals surface area contributed by atoms with Crippen molar-refractivity contribution in [3.8, 4) is 0 Å². The molecule has 0 aliphatic carbocycles. The molecule has 1 amide bonds. The number of likely N-dealkylation sites (N-methyl/N-ethyl adjacent to an activating group) is 1. The van der Waals surface area contributed by atoms with Gasteiger partial charge in [-0.05, 0) is 18.9 Å². The van der Waals surface area contributed by atoms with E-state index in [1.54, 1.807) is 4.90 Å². The molecule has 2 aromatic rings. The number of carbonyl (C=O) groups is 1. The van der Waals surface area contributed by atoms with Gasteiger partial charge >= 0.3 is 0 Å². The first-order chi connectivity index (χ1) is 9.66. The van der Waals surface area contributed by atoms with Crippen LogP contribution < -0.4 is 5.73 Å². The number of benzene rings is 1. The Hall–Kier alpha value is -1.59. The van der Waals surface area contributed by atoms with Gasteiger partial charge in [0.25, 0.3) is 5.91 Å². The van der Waals surface area contributed by atoms with Crippen molar-refractivity contribution < 1.29 is 9.53 Å². The molecule has 1 saturated heterocycles. The van der Waals surface area contributed by atoms with Crippen molar-refractivity contribution >= 4 is 33.0 Å². The van der Waals surface area contributed by atoms with Gasteiger partial charge in [-0.25, -0.2) is 0 Å². The van der Waals surface area contributed by atoms with Gasteiger partial charge in [0.15, 0.2) is 0 Å². The van der Waals surface area contributed by atoms with Gasteiger partial charge in [-0.15, -0.1) is 11.3 Å². The zero-order valence-corrected chi connectivity index (χ0v) is 12.3. The Bertz CT molecular complexity index is 632. The summed E-state index contributed by atoms with van der Waals surface area (Å²) in [5, 5.41) is 0.964. The Kier molecular flexibility index (Phi) is 3.63. The van der Waals surface area contributed by atoms with Crippen molar-refractivity contribution in [1.29, 1.82) is 0 Å². The van der Waals surface area contributed by atoms with Crippen molar-refractivity contribution in [1.82, 2.24) is 4.90 Å². The van der Waals surface area contributed by atoms with Gasteiger partial charge in [-0.3, -0.25) is 4.79 Å². The SMILES string of the molecule is CN(CC1CCCO1)C(=O)c1sc2ccccc2c1N. The van der Waals surface area contributed by atoms with Crippen LogP contribution in [0.1, 0.15) is 22.5 Å². The average molecular weight is 290 g/mol. The molecule has 1 aliphatic heterocycles. The quantitative estimate of drug-likeness (QED) is 0.945. The number of rotatable bonds is 3. The van der Waals surface area contributed by atoms with E-state index in [-0.39, 0.29) is 12.0 Å². The average Bonchev–Trinajstić information content (AvgIpc) is 3.07. The number of hydrogen-bond donors (Lipinski definition) is 1. The molecular formula is C15H18N2O2S. The van der Waals surface area contributed by atoms with E-state index >= 15 is 0 Å². The highest BCUT2D eigenvalue weighted by molar-refractivity contribution is 7.21. The normalized spacial score (nSPS) is 18.6. The second-order valence-corrected chi connectivity index (χ2v) is 6.21. The largest absolute Gasteiger partial charge is 0.397 e. The molecule has 0 spiro atoms. The Morgan fingerprint density at radius 2 is 2.30 bits per heavy atom. The highest BCUT2D eigenvalue weighted by atomic mass is 32.1. The maximum absolute atomic E-state index is 12.5. The van der Waals surface area contributed by atoms with Crippen LogP contribution in [0.25, 0.3) is 10.1 Å². The lowest BCUT2D eigenvalue weighted by Crippen LogP contribution is -2.33. The van der Waals surface area contributed by atoms with Gasteiger partial charge in [0, 0.05) is 30.3 Å². The summed E-state index contributed by atoms with van der Waals surface area (Å²) >= 11 is 1.46. The Morgan fingerprint density at radius 3 is 3.00 bits per heavy atom. The van der Waals surface area contributed by atoms with E-state index in [1.165, 1.54) is 11.3 Å². The molecule has 1 atom stereocenters. The van der Waals surface area contributed by atoms with Crippen LogP contribution in [-0.4, -0.2) is 37.1 Å². The van der Waals surface area contributed by atoms with Gasteiger partial charge in [0.1, 0.15) is 4.88 Å². The first kappa shape index (κ1) is 13.4. The summed E-state index contributed by atoms with van der Waals surface area (Å²) < 4.78 is 6.63. The summed E-state index contributed by atoms with van der Waals surface area (Å²) in [6.45, 7) is 1.43. The van der Waals surface area contributed by atoms with Gasteiger partial charge < -0.3 is 15.4 Å². The third kappa shape index (κ3) is 2.39. The van der Waals surface area contributed by atoms with Crippen LogP contribution in [0.2, 0.25) is 0 Å². The smallest absolute Gasteiger partial charge is 0.265 e. The maximum atomic E-state index is 12.5. The number of fused-ring (bicyclic) bond motifs is 1. The molecule has 2 N–H and O–H groups in total. The number of amides is 1. The number of hydrogen-bond acceptors (Lipinski definition) is 4. The van der Waals surface area contributed by atoms with E-state index in [0.717, 1.165) is 29.5 Å². The molecular weight excluding hydrogens is 272 g/mol. The van der Waals surface area contributed by atoms with Crippen LogP contribution in [-0.2, 0) is 4.74 Å². The number of nitrogen functional groups attached to an aromatic ring is 1. The summed E-state index contributed by atoms with van der Waals surface area (Å²) in [6, 6.07) is 7.85. The number of anilines is 1. The standard InChI is InChI=1S/C15H18N2O2S/c1-17(9-10-5-4-8-19-10)15(18)14-13(16)11-6-2-3-7-12(11)20-14/h2-3,6-7,10H,4-5,8-9,16H2,1H3. The zero-order valence-electron chi connectivity index (χ0n) is 11.5. The first-order valence-corrected chi connectivity index (χ1v) is 7.62. The summed E-state index contributed by atoms with van der Waals surface area (Å²) in [4.78, 5) is 14.9. The van der Waals surface area contributed by atoms with Crippen LogP contribution in [0, 0.1) is 0 Å². The van der Waals surface area contributed by atoms with E-state index < -0.39 is 0 Å². The number of thiophene rings is 1. The lowest BCUT2D eigenvalue weighted by atomic mass is 10.2. The third-order valence-electron chi connectivity index (χ3n) is 3.68. The molecule has 0 radical (unpaired) electrons. The van der Waals surface area contributed by atoms with E-state index in [4.69, 9.17) is 10.5 Å². The highest BCUT2D eigenvalue weighted by Gasteiger charge is 2.23. The van der Waals surface area contributed by atoms with Crippen LogP contribution in [0.15, 0.2) is 24.3 Å². The number of ether oxygens (including phenoxy) is 1. The monoisotopic (exact) mass is 290 g/mol. The second-order valence-electron chi connectivity index (χ2n) is 5.16. The van der Waals surface area contributed by atoms with Crippen molar-refractivity contribution in [2.24, 2.45) is 0 Å². The van der Waals surface area contributed by atoms with Gasteiger partial charge in [-0.2, -0.15) is 0 Å². The molecule has 106 valence electrons. The molecule has 1 fully saturated rings. The van der Waals surface area contributed by atoms with Crippen LogP contribution in [0.5, 0.6) is 0 Å². The van der Waals surface area contributed by atoms with Crippen LogP contribution in [0.3, 0.4) is 0 Å². The predicted octanol–water partition coefficient (Wildman–Crippen LogP) is 2.73. The van der Waals surface area contributed by atoms with E-state index in [1.807, 2.05) is 31.3 Å². The van der Waals surface area contributed by atoms with Crippen LogP contribution in [0.4, 0.5) is 5.69 Å². The topological polar surface area (TPSA) is 55.6 Å². The fraction of sp³-hybridized carbons (Fsp3) is 0.400. The minimum atomic E-state index is -0.0146. The predicted molar refractivity (Wildman–Crippen MR) is 82.2 cm³/mol. The molecule has 0 saturated carbocycles. The highest BCUT2D eigenvalue weighted by Crippen LogP contribution is 2.34. The maximum Gasteiger partial charge on any atom is 0.265 e. The summed E-state index contributed by atoms with van der Waals surface area (Å²) in [6.07, 6.45) is 2.27. The second kappa shape index (κ2) is 5.42. The number of carbonyl (C=O) groups excluding carboxylic acids is 1. The molecule has 4 nitrogen and oxygen atoms in total. The molecule has 1 aromatic carbocycles. The molecule has 1 unspecified atom stereocenters.